The highest BCUT2D eigenvalue weighted by molar-refractivity contribution is 5.89. The molecule has 14 heavy (non-hydrogen) atoms. The number of hydrazine groups is 1. The largest absolute Gasteiger partial charge is 0.357 e. The molecule has 0 saturated heterocycles. The number of carbonyl (C=O) groups excluding carboxylic acids is 1. The topological polar surface area (TPSA) is 113 Å². The van der Waals surface area contributed by atoms with Crippen molar-refractivity contribution in [2.24, 2.45) is 11.0 Å². The summed E-state index contributed by atoms with van der Waals surface area (Å²) in [6.07, 6.45) is 0. The lowest BCUT2D eigenvalue weighted by Gasteiger charge is -2.00. The Kier molecular flexibility index (Phi) is 3.45. The van der Waals surface area contributed by atoms with E-state index in [2.05, 4.69) is 14.9 Å². The number of nitrogens with one attached hydrogen (secondary N) is 1. The Bertz CT molecular complexity index is 368. The highest BCUT2D eigenvalue weighted by Crippen LogP contribution is 2.13. The van der Waals surface area contributed by atoms with Gasteiger partial charge in [-0.05, 0) is 17.7 Å². The van der Waals surface area contributed by atoms with Crippen LogP contribution in [0.5, 0.6) is 0 Å². The van der Waals surface area contributed by atoms with E-state index < -0.39 is 5.97 Å². The van der Waals surface area contributed by atoms with Gasteiger partial charge < -0.3 is 4.84 Å². The Morgan fingerprint density at radius 3 is 2.64 bits per heavy atom. The zero-order valence-electron chi connectivity index (χ0n) is 7.04. The van der Waals surface area contributed by atoms with Crippen LogP contribution in [0.1, 0.15) is 10.4 Å². The molecule has 72 valence electrons. The van der Waals surface area contributed by atoms with Gasteiger partial charge in [-0.25, -0.2) is 10.6 Å². The van der Waals surface area contributed by atoms with Crippen LogP contribution in [-0.4, -0.2) is 5.97 Å². The molecule has 1 aromatic carbocycles. The highest BCUT2D eigenvalue weighted by atomic mass is 16.7. The van der Waals surface area contributed by atoms with Crippen molar-refractivity contribution in [3.8, 4) is 0 Å². The normalized spacial score (nSPS) is 8.93. The minimum Gasteiger partial charge on any atom is -0.351 e. The van der Waals surface area contributed by atoms with Gasteiger partial charge in [0, 0.05) is 10.6 Å². The lowest BCUT2D eigenvalue weighted by atomic mass is 10.2. The summed E-state index contributed by atoms with van der Waals surface area (Å²) in [5.41, 5.74) is 10.6. The minimum absolute atomic E-state index is 0.305. The van der Waals surface area contributed by atoms with Gasteiger partial charge >= 0.3 is 5.97 Å². The monoisotopic (exact) mass is 193 g/mol. The van der Waals surface area contributed by atoms with Gasteiger partial charge in [-0.2, -0.15) is 0 Å². The van der Waals surface area contributed by atoms with Crippen molar-refractivity contribution in [2.45, 2.75) is 0 Å². The summed E-state index contributed by atoms with van der Waals surface area (Å²) in [6.45, 7) is 0. The molecule has 0 heterocycles. The van der Waals surface area contributed by atoms with Gasteiger partial charge in [0.2, 0.25) is 0 Å². The van der Waals surface area contributed by atoms with E-state index in [0.29, 0.717) is 11.3 Å². The minimum atomic E-state index is -0.611. The summed E-state index contributed by atoms with van der Waals surface area (Å²) in [4.78, 5) is 18.0. The number of nitrogens with zero attached hydrogens (tertiary/aromatic N) is 3. The molecule has 1 rings (SSSR count). The summed E-state index contributed by atoms with van der Waals surface area (Å²) in [6, 6.07) is 5.91. The van der Waals surface area contributed by atoms with E-state index in [-0.39, 0.29) is 0 Å². The fraction of sp³-hybridized carbons (Fsp3) is 0. The maximum absolute atomic E-state index is 11.0. The van der Waals surface area contributed by atoms with Crippen LogP contribution in [-0.2, 0) is 4.84 Å². The molecule has 0 fully saturated rings. The molecule has 0 aliphatic rings. The maximum atomic E-state index is 11.0. The fourth-order valence-electron chi connectivity index (χ4n) is 0.828. The molecular weight excluding hydrogens is 186 g/mol. The molecule has 0 saturated carbocycles. The molecule has 7 nitrogen and oxygen atoms in total. The third-order valence-corrected chi connectivity index (χ3v) is 1.41. The van der Waals surface area contributed by atoms with E-state index in [1.165, 1.54) is 24.3 Å². The van der Waals surface area contributed by atoms with Gasteiger partial charge in [-0.15, -0.1) is 0 Å². The molecule has 0 amide bonds. The second kappa shape index (κ2) is 4.83. The number of rotatable bonds is 3. The summed E-state index contributed by atoms with van der Waals surface area (Å²) in [7, 11) is 0. The standard InChI is InChI=1S/C7H7N5O2/c8-11-10-6-3-1-5(2-4-6)7(13)14-12-9/h1-4,12H,9H2. The molecular formula is C7H7N5O2. The Hall–Kier alpha value is -2.08. The Morgan fingerprint density at radius 1 is 1.50 bits per heavy atom. The van der Waals surface area contributed by atoms with Gasteiger partial charge in [0.15, 0.2) is 0 Å². The molecule has 0 aromatic heterocycles. The van der Waals surface area contributed by atoms with E-state index in [1.54, 1.807) is 5.59 Å². The zero-order chi connectivity index (χ0) is 10.4. The average molecular weight is 193 g/mol. The van der Waals surface area contributed by atoms with Crippen molar-refractivity contribution in [1.29, 1.82) is 0 Å². The summed E-state index contributed by atoms with van der Waals surface area (Å²) < 4.78 is 0. The van der Waals surface area contributed by atoms with Crippen molar-refractivity contribution < 1.29 is 9.63 Å². The van der Waals surface area contributed by atoms with E-state index in [0.717, 1.165) is 0 Å². The van der Waals surface area contributed by atoms with Crippen LogP contribution in [0.2, 0.25) is 0 Å². The van der Waals surface area contributed by atoms with Gasteiger partial charge in [-0.3, -0.25) is 0 Å². The van der Waals surface area contributed by atoms with Crippen LogP contribution in [0.15, 0.2) is 29.4 Å². The van der Waals surface area contributed by atoms with Crippen LogP contribution in [0.3, 0.4) is 0 Å². The highest BCUT2D eigenvalue weighted by Gasteiger charge is 2.05. The average Bonchev–Trinajstić information content (AvgIpc) is 2.20. The Labute approximate surface area is 79.0 Å². The van der Waals surface area contributed by atoms with Gasteiger partial charge in [0.05, 0.1) is 5.56 Å². The summed E-state index contributed by atoms with van der Waals surface area (Å²) in [5.74, 6) is 4.17. The van der Waals surface area contributed by atoms with E-state index in [1.807, 2.05) is 0 Å². The number of hydrogen-bond acceptors (Lipinski definition) is 5. The molecule has 0 aliphatic heterocycles. The first-order valence-corrected chi connectivity index (χ1v) is 3.60. The lowest BCUT2D eigenvalue weighted by molar-refractivity contribution is 0.0254. The number of hydrogen-bond donors (Lipinski definition) is 2. The molecule has 0 aliphatic carbocycles. The van der Waals surface area contributed by atoms with Gasteiger partial charge in [-0.1, -0.05) is 22.8 Å². The van der Waals surface area contributed by atoms with Crippen LogP contribution >= 0.6 is 0 Å². The maximum Gasteiger partial charge on any atom is 0.357 e. The third kappa shape index (κ3) is 2.46. The molecule has 0 atom stereocenters. The number of azide groups is 1. The summed E-state index contributed by atoms with van der Waals surface area (Å²) in [5, 5.41) is 3.34. The number of nitrogens with two attached hydrogens (primary N) is 1. The first-order chi connectivity index (χ1) is 6.77. The second-order valence-electron chi connectivity index (χ2n) is 2.24. The van der Waals surface area contributed by atoms with Crippen LogP contribution in [0.25, 0.3) is 10.4 Å². The quantitative estimate of drug-likeness (QED) is 0.246. The Balaban J connectivity index is 2.82. The van der Waals surface area contributed by atoms with Crippen molar-refractivity contribution in [3.05, 3.63) is 40.3 Å². The smallest absolute Gasteiger partial charge is 0.351 e. The predicted octanol–water partition coefficient (Wildman–Crippen LogP) is 1.16. The molecule has 3 N–H and O–H groups in total. The SMILES string of the molecule is [N-]=[N+]=Nc1ccc(C(=O)ONN)cc1. The number of benzene rings is 1. The van der Waals surface area contributed by atoms with Crippen molar-refractivity contribution in [3.63, 3.8) is 0 Å². The molecule has 0 unspecified atom stereocenters. The zero-order valence-corrected chi connectivity index (χ0v) is 7.04. The van der Waals surface area contributed by atoms with E-state index in [9.17, 15) is 4.79 Å². The van der Waals surface area contributed by atoms with Crippen LogP contribution in [0, 0.1) is 0 Å². The third-order valence-electron chi connectivity index (χ3n) is 1.41. The first-order valence-electron chi connectivity index (χ1n) is 3.60. The van der Waals surface area contributed by atoms with Crippen LogP contribution < -0.4 is 11.4 Å². The van der Waals surface area contributed by atoms with E-state index in [4.69, 9.17) is 11.4 Å². The Morgan fingerprint density at radius 2 is 2.14 bits per heavy atom. The number of carbonyl (C=O) groups is 1. The van der Waals surface area contributed by atoms with E-state index >= 15 is 0 Å². The predicted molar refractivity (Wildman–Crippen MR) is 48.0 cm³/mol. The molecule has 0 radical (unpaired) electrons. The molecule has 0 bridgehead atoms. The van der Waals surface area contributed by atoms with Crippen molar-refractivity contribution >= 4 is 11.7 Å². The van der Waals surface area contributed by atoms with Gasteiger partial charge in [0.25, 0.3) is 0 Å². The van der Waals surface area contributed by atoms with Crippen LogP contribution in [0.4, 0.5) is 5.69 Å². The second-order valence-corrected chi connectivity index (χ2v) is 2.24. The summed E-state index contributed by atoms with van der Waals surface area (Å²) >= 11 is 0. The first kappa shape index (κ1) is 10.0. The van der Waals surface area contributed by atoms with Crippen molar-refractivity contribution in [2.75, 3.05) is 0 Å². The lowest BCUT2D eigenvalue weighted by Crippen LogP contribution is -2.26. The fourth-order valence-corrected chi connectivity index (χ4v) is 0.828. The molecule has 1 aromatic rings. The molecule has 0 spiro atoms. The van der Waals surface area contributed by atoms with Gasteiger partial charge in [0.1, 0.15) is 0 Å². The van der Waals surface area contributed by atoms with Crippen molar-refractivity contribution in [1.82, 2.24) is 5.59 Å². The molecule has 7 heteroatoms.